The summed E-state index contributed by atoms with van der Waals surface area (Å²) in [5, 5.41) is 9.63. The lowest BCUT2D eigenvalue weighted by atomic mass is 10.0. The zero-order valence-electron chi connectivity index (χ0n) is 45.4. The average molecular weight is 944 g/mol. The third-order valence-corrected chi connectivity index (χ3v) is 14.0. The highest BCUT2D eigenvalue weighted by Gasteiger charge is 2.16. The largest absolute Gasteiger partial charge is 0.462 e. The molecule has 0 saturated carbocycles. The van der Waals surface area contributed by atoms with Gasteiger partial charge in [-0.2, -0.15) is 0 Å². The molecular formula is C62H118O5. The number of carbonyl (C=O) groups is 2. The molecule has 1 unspecified atom stereocenters. The minimum Gasteiger partial charge on any atom is -0.462 e. The fraction of sp³-hybridized carbons (Fsp3) is 0.903. The first-order chi connectivity index (χ1) is 33.1. The predicted octanol–water partition coefficient (Wildman–Crippen LogP) is 20.5. The number of hydrogen-bond donors (Lipinski definition) is 1. The summed E-state index contributed by atoms with van der Waals surface area (Å²) < 4.78 is 10.7. The minimum atomic E-state index is -0.776. The molecule has 396 valence electrons. The van der Waals surface area contributed by atoms with Crippen LogP contribution in [0.15, 0.2) is 24.3 Å². The van der Waals surface area contributed by atoms with E-state index in [9.17, 15) is 14.7 Å². The maximum atomic E-state index is 12.3. The van der Waals surface area contributed by atoms with Crippen LogP contribution < -0.4 is 0 Å². The fourth-order valence-corrected chi connectivity index (χ4v) is 9.41. The van der Waals surface area contributed by atoms with Gasteiger partial charge in [-0.05, 0) is 44.9 Å². The molecule has 0 spiro atoms. The number of aliphatic hydroxyl groups is 1. The van der Waals surface area contributed by atoms with Crippen LogP contribution in [-0.4, -0.2) is 36.4 Å². The Kier molecular flexibility index (Phi) is 57.3. The van der Waals surface area contributed by atoms with Crippen LogP contribution in [0.5, 0.6) is 0 Å². The average Bonchev–Trinajstić information content (AvgIpc) is 3.33. The Morgan fingerprint density at radius 1 is 0.343 bits per heavy atom. The Balaban J connectivity index is 3.36. The van der Waals surface area contributed by atoms with Gasteiger partial charge in [0.05, 0.1) is 6.61 Å². The first-order valence-corrected chi connectivity index (χ1v) is 30.4. The van der Waals surface area contributed by atoms with Crippen LogP contribution in [0.4, 0.5) is 0 Å². The second-order valence-electron chi connectivity index (χ2n) is 20.8. The number of allylic oxidation sites excluding steroid dienone is 4. The van der Waals surface area contributed by atoms with Crippen molar-refractivity contribution in [2.45, 2.75) is 347 Å². The van der Waals surface area contributed by atoms with Crippen LogP contribution in [0, 0.1) is 0 Å². The molecule has 0 rings (SSSR count). The van der Waals surface area contributed by atoms with E-state index >= 15 is 0 Å². The minimum absolute atomic E-state index is 0.0664. The first kappa shape index (κ1) is 65.4. The maximum absolute atomic E-state index is 12.3. The summed E-state index contributed by atoms with van der Waals surface area (Å²) in [7, 11) is 0. The number of rotatable bonds is 57. The summed E-state index contributed by atoms with van der Waals surface area (Å²) >= 11 is 0. The van der Waals surface area contributed by atoms with Crippen molar-refractivity contribution in [3.63, 3.8) is 0 Å². The third-order valence-electron chi connectivity index (χ3n) is 14.0. The lowest BCUT2D eigenvalue weighted by Crippen LogP contribution is -2.28. The van der Waals surface area contributed by atoms with Gasteiger partial charge in [0.15, 0.2) is 6.10 Å². The van der Waals surface area contributed by atoms with E-state index in [2.05, 4.69) is 38.2 Å². The van der Waals surface area contributed by atoms with Crippen molar-refractivity contribution in [1.29, 1.82) is 0 Å². The Labute approximate surface area is 419 Å². The lowest BCUT2D eigenvalue weighted by Gasteiger charge is -2.15. The molecular weight excluding hydrogens is 825 g/mol. The number of hydrogen-bond acceptors (Lipinski definition) is 5. The molecule has 1 N–H and O–H groups in total. The number of carbonyl (C=O) groups excluding carboxylic acids is 2. The van der Waals surface area contributed by atoms with Crippen molar-refractivity contribution in [3.05, 3.63) is 24.3 Å². The van der Waals surface area contributed by atoms with E-state index in [1.165, 1.54) is 263 Å². The standard InChI is InChI=1S/C62H118O5/c1-3-5-7-9-11-13-15-17-19-21-22-23-24-25-26-27-28-29-30-31-32-33-34-35-36-37-38-39-40-41-43-44-46-48-50-52-54-56-61(64)66-59-60(58-63)67-62(65)57-55-53-51-49-47-45-42-20-18-16-14-12-10-8-6-4-2/h14,16,20,42,60,63H,3-13,15,17-19,21-41,43-59H2,1-2H3/b16-14-,42-20-. The molecule has 0 radical (unpaired) electrons. The zero-order valence-corrected chi connectivity index (χ0v) is 45.4. The van der Waals surface area contributed by atoms with Gasteiger partial charge in [0.25, 0.3) is 0 Å². The van der Waals surface area contributed by atoms with Gasteiger partial charge in [-0.1, -0.05) is 308 Å². The first-order valence-electron chi connectivity index (χ1n) is 30.4. The zero-order chi connectivity index (χ0) is 48.5. The van der Waals surface area contributed by atoms with E-state index in [1.807, 2.05) is 0 Å². The summed E-state index contributed by atoms with van der Waals surface area (Å²) in [5.41, 5.74) is 0. The number of aliphatic hydroxyl groups excluding tert-OH is 1. The van der Waals surface area contributed by atoms with Crippen LogP contribution >= 0.6 is 0 Å². The van der Waals surface area contributed by atoms with Gasteiger partial charge in [-0.3, -0.25) is 9.59 Å². The Morgan fingerprint density at radius 3 is 0.896 bits per heavy atom. The van der Waals surface area contributed by atoms with Crippen molar-refractivity contribution < 1.29 is 24.2 Å². The quantitative estimate of drug-likeness (QED) is 0.0374. The summed E-state index contributed by atoms with van der Waals surface area (Å²) in [6, 6.07) is 0. The van der Waals surface area contributed by atoms with Gasteiger partial charge in [0, 0.05) is 12.8 Å². The highest BCUT2D eigenvalue weighted by Crippen LogP contribution is 2.18. The van der Waals surface area contributed by atoms with Crippen LogP contribution in [0.1, 0.15) is 341 Å². The number of unbranched alkanes of at least 4 members (excludes halogenated alkanes) is 45. The molecule has 0 aromatic rings. The Hall–Kier alpha value is -1.62. The molecule has 5 heteroatoms. The van der Waals surface area contributed by atoms with Crippen molar-refractivity contribution in [2.75, 3.05) is 13.2 Å². The highest BCUT2D eigenvalue weighted by atomic mass is 16.6. The van der Waals surface area contributed by atoms with Crippen LogP contribution in [0.25, 0.3) is 0 Å². The van der Waals surface area contributed by atoms with Crippen molar-refractivity contribution in [2.24, 2.45) is 0 Å². The summed E-state index contributed by atoms with van der Waals surface area (Å²) in [6.45, 7) is 4.16. The molecule has 5 nitrogen and oxygen atoms in total. The molecule has 0 saturated heterocycles. The molecule has 0 bridgehead atoms. The normalized spacial score (nSPS) is 12.2. The smallest absolute Gasteiger partial charge is 0.306 e. The molecule has 0 fully saturated rings. The Bertz CT molecular complexity index is 1020. The van der Waals surface area contributed by atoms with E-state index in [0.29, 0.717) is 12.8 Å². The van der Waals surface area contributed by atoms with Crippen molar-refractivity contribution in [1.82, 2.24) is 0 Å². The second kappa shape index (κ2) is 58.7. The number of esters is 2. The van der Waals surface area contributed by atoms with Crippen LogP contribution in [0.3, 0.4) is 0 Å². The maximum Gasteiger partial charge on any atom is 0.306 e. The molecule has 67 heavy (non-hydrogen) atoms. The van der Waals surface area contributed by atoms with Gasteiger partial charge in [0.2, 0.25) is 0 Å². The third kappa shape index (κ3) is 56.9. The molecule has 1 atom stereocenters. The van der Waals surface area contributed by atoms with Gasteiger partial charge in [-0.25, -0.2) is 0 Å². The fourth-order valence-electron chi connectivity index (χ4n) is 9.41. The van der Waals surface area contributed by atoms with Crippen LogP contribution in [-0.2, 0) is 19.1 Å². The van der Waals surface area contributed by atoms with Gasteiger partial charge in [-0.15, -0.1) is 0 Å². The van der Waals surface area contributed by atoms with E-state index in [1.54, 1.807) is 0 Å². The molecule has 0 aliphatic rings. The SMILES string of the molecule is CCCCCC/C=C\C/C=C\CCCCCCCC(=O)OC(CO)COC(=O)CCCCCCCCCCCCCCCCCCCCCCCCCCCCCCCCCCCCCCC. The monoisotopic (exact) mass is 943 g/mol. The molecule has 0 aliphatic heterocycles. The highest BCUT2D eigenvalue weighted by molar-refractivity contribution is 5.70. The van der Waals surface area contributed by atoms with Gasteiger partial charge in [0.1, 0.15) is 6.61 Å². The summed E-state index contributed by atoms with van der Waals surface area (Å²) in [5.74, 6) is -0.590. The molecule has 0 aliphatic carbocycles. The van der Waals surface area contributed by atoms with Crippen molar-refractivity contribution in [3.8, 4) is 0 Å². The topological polar surface area (TPSA) is 72.8 Å². The lowest BCUT2D eigenvalue weighted by molar-refractivity contribution is -0.161. The van der Waals surface area contributed by atoms with Gasteiger partial charge < -0.3 is 14.6 Å². The van der Waals surface area contributed by atoms with Gasteiger partial charge >= 0.3 is 11.9 Å². The molecule has 0 heterocycles. The molecule has 0 aromatic carbocycles. The van der Waals surface area contributed by atoms with Crippen LogP contribution in [0.2, 0.25) is 0 Å². The Morgan fingerprint density at radius 2 is 0.597 bits per heavy atom. The van der Waals surface area contributed by atoms with E-state index in [4.69, 9.17) is 9.47 Å². The molecule has 0 amide bonds. The summed E-state index contributed by atoms with van der Waals surface area (Å²) in [6.07, 6.45) is 74.8. The summed E-state index contributed by atoms with van der Waals surface area (Å²) in [4.78, 5) is 24.5. The predicted molar refractivity (Wildman–Crippen MR) is 293 cm³/mol. The second-order valence-corrected chi connectivity index (χ2v) is 20.8. The van der Waals surface area contributed by atoms with E-state index < -0.39 is 6.10 Å². The molecule has 0 aromatic heterocycles. The van der Waals surface area contributed by atoms with Crippen molar-refractivity contribution >= 4 is 11.9 Å². The number of ether oxygens (including phenoxy) is 2. The van der Waals surface area contributed by atoms with E-state index in [-0.39, 0.29) is 25.2 Å². The van der Waals surface area contributed by atoms with E-state index in [0.717, 1.165) is 51.4 Å².